The van der Waals surface area contributed by atoms with E-state index in [0.29, 0.717) is 0 Å². The molecule has 0 saturated heterocycles. The molecule has 1 aromatic rings. The van der Waals surface area contributed by atoms with Gasteiger partial charge in [-0.1, -0.05) is 26.2 Å². The van der Waals surface area contributed by atoms with Crippen molar-refractivity contribution in [3.8, 4) is 0 Å². The number of thiophene rings is 1. The van der Waals surface area contributed by atoms with Crippen LogP contribution >= 0.6 is 27.3 Å². The van der Waals surface area contributed by atoms with Gasteiger partial charge in [0.25, 0.3) is 0 Å². The monoisotopic (exact) mass is 276 g/mol. The number of aliphatic hydroxyl groups excluding tert-OH is 1. The molecule has 0 aliphatic carbocycles. The zero-order valence-electron chi connectivity index (χ0n) is 8.50. The molecule has 0 fully saturated rings. The Morgan fingerprint density at radius 2 is 2.29 bits per heavy atom. The SMILES string of the molecule is CCCCCC(O)Cc1cc(Br)cs1. The maximum atomic E-state index is 9.73. The lowest BCUT2D eigenvalue weighted by Crippen LogP contribution is -2.08. The van der Waals surface area contributed by atoms with E-state index in [0.717, 1.165) is 23.7 Å². The number of unbranched alkanes of at least 4 members (excludes halogenated alkanes) is 2. The summed E-state index contributed by atoms with van der Waals surface area (Å²) in [6.45, 7) is 2.18. The second kappa shape index (κ2) is 6.59. The van der Waals surface area contributed by atoms with Crippen LogP contribution in [-0.4, -0.2) is 11.2 Å². The third-order valence-electron chi connectivity index (χ3n) is 2.20. The Labute approximate surface area is 98.3 Å². The van der Waals surface area contributed by atoms with E-state index in [9.17, 15) is 5.11 Å². The molecular formula is C11H17BrOS. The minimum absolute atomic E-state index is 0.160. The van der Waals surface area contributed by atoms with Crippen LogP contribution in [0.5, 0.6) is 0 Å². The largest absolute Gasteiger partial charge is 0.393 e. The van der Waals surface area contributed by atoms with Crippen LogP contribution in [0.2, 0.25) is 0 Å². The predicted octanol–water partition coefficient (Wildman–Crippen LogP) is 3.99. The highest BCUT2D eigenvalue weighted by molar-refractivity contribution is 9.10. The highest BCUT2D eigenvalue weighted by Crippen LogP contribution is 2.21. The van der Waals surface area contributed by atoms with Crippen molar-refractivity contribution in [1.29, 1.82) is 0 Å². The van der Waals surface area contributed by atoms with Gasteiger partial charge in [-0.3, -0.25) is 0 Å². The Hall–Kier alpha value is 0.140. The van der Waals surface area contributed by atoms with Crippen LogP contribution in [0.1, 0.15) is 37.5 Å². The fourth-order valence-electron chi connectivity index (χ4n) is 1.43. The Morgan fingerprint density at radius 3 is 2.86 bits per heavy atom. The fraction of sp³-hybridized carbons (Fsp3) is 0.636. The van der Waals surface area contributed by atoms with Gasteiger partial charge in [-0.05, 0) is 28.4 Å². The highest BCUT2D eigenvalue weighted by Gasteiger charge is 2.06. The van der Waals surface area contributed by atoms with E-state index in [1.165, 1.54) is 17.7 Å². The van der Waals surface area contributed by atoms with E-state index >= 15 is 0 Å². The van der Waals surface area contributed by atoms with Crippen LogP contribution < -0.4 is 0 Å². The number of halogens is 1. The lowest BCUT2D eigenvalue weighted by molar-refractivity contribution is 0.162. The van der Waals surface area contributed by atoms with Crippen LogP contribution in [0.15, 0.2) is 15.9 Å². The third-order valence-corrected chi connectivity index (χ3v) is 3.92. The molecule has 14 heavy (non-hydrogen) atoms. The summed E-state index contributed by atoms with van der Waals surface area (Å²) >= 11 is 5.12. The van der Waals surface area contributed by atoms with Crippen LogP contribution in [0, 0.1) is 0 Å². The molecule has 1 unspecified atom stereocenters. The molecule has 1 N–H and O–H groups in total. The minimum atomic E-state index is -0.160. The van der Waals surface area contributed by atoms with Gasteiger partial charge in [-0.25, -0.2) is 0 Å². The van der Waals surface area contributed by atoms with Crippen molar-refractivity contribution in [3.63, 3.8) is 0 Å². The Bertz CT molecular complexity index is 260. The van der Waals surface area contributed by atoms with Gasteiger partial charge < -0.3 is 5.11 Å². The maximum absolute atomic E-state index is 9.73. The van der Waals surface area contributed by atoms with Crippen molar-refractivity contribution in [2.24, 2.45) is 0 Å². The van der Waals surface area contributed by atoms with Crippen molar-refractivity contribution in [2.75, 3.05) is 0 Å². The van der Waals surface area contributed by atoms with Crippen LogP contribution in [0.25, 0.3) is 0 Å². The molecule has 1 aromatic heterocycles. The standard InChI is InChI=1S/C11H17BrOS/c1-2-3-4-5-10(13)7-11-6-9(12)8-14-11/h6,8,10,13H,2-5,7H2,1H3. The van der Waals surface area contributed by atoms with Gasteiger partial charge in [0.1, 0.15) is 0 Å². The van der Waals surface area contributed by atoms with E-state index in [4.69, 9.17) is 0 Å². The third kappa shape index (κ3) is 4.58. The molecule has 0 saturated carbocycles. The summed E-state index contributed by atoms with van der Waals surface area (Å²) in [5.41, 5.74) is 0. The number of hydrogen-bond donors (Lipinski definition) is 1. The number of rotatable bonds is 6. The Morgan fingerprint density at radius 1 is 1.50 bits per heavy atom. The number of aliphatic hydroxyl groups is 1. The number of hydrogen-bond acceptors (Lipinski definition) is 2. The quantitative estimate of drug-likeness (QED) is 0.779. The predicted molar refractivity (Wildman–Crippen MR) is 65.9 cm³/mol. The van der Waals surface area contributed by atoms with Gasteiger partial charge in [0.05, 0.1) is 6.10 Å². The van der Waals surface area contributed by atoms with E-state index < -0.39 is 0 Å². The van der Waals surface area contributed by atoms with Gasteiger partial charge in [0, 0.05) is 21.2 Å². The first-order valence-corrected chi connectivity index (χ1v) is 6.80. The van der Waals surface area contributed by atoms with Crippen LogP contribution in [0.4, 0.5) is 0 Å². The first-order valence-electron chi connectivity index (χ1n) is 5.13. The Kier molecular flexibility index (Phi) is 5.75. The van der Waals surface area contributed by atoms with E-state index in [-0.39, 0.29) is 6.10 Å². The molecule has 1 heterocycles. The molecule has 0 amide bonds. The molecule has 1 rings (SSSR count). The van der Waals surface area contributed by atoms with Gasteiger partial charge >= 0.3 is 0 Å². The van der Waals surface area contributed by atoms with Gasteiger partial charge in [0.15, 0.2) is 0 Å². The summed E-state index contributed by atoms with van der Waals surface area (Å²) in [5.74, 6) is 0. The summed E-state index contributed by atoms with van der Waals surface area (Å²) in [4.78, 5) is 1.26. The fourth-order valence-corrected chi connectivity index (χ4v) is 2.95. The lowest BCUT2D eigenvalue weighted by atomic mass is 10.1. The molecule has 0 aliphatic rings. The summed E-state index contributed by atoms with van der Waals surface area (Å²) in [6.07, 6.45) is 5.17. The topological polar surface area (TPSA) is 20.2 Å². The second-order valence-corrected chi connectivity index (χ2v) is 5.50. The van der Waals surface area contributed by atoms with Crippen molar-refractivity contribution in [2.45, 2.75) is 45.1 Å². The van der Waals surface area contributed by atoms with Gasteiger partial charge in [0.2, 0.25) is 0 Å². The lowest BCUT2D eigenvalue weighted by Gasteiger charge is -2.07. The summed E-state index contributed by atoms with van der Waals surface area (Å²) in [7, 11) is 0. The van der Waals surface area contributed by atoms with Gasteiger partial charge in [-0.2, -0.15) is 0 Å². The second-order valence-electron chi connectivity index (χ2n) is 3.58. The molecular weight excluding hydrogens is 260 g/mol. The molecule has 1 nitrogen and oxygen atoms in total. The van der Waals surface area contributed by atoms with E-state index in [2.05, 4.69) is 34.3 Å². The van der Waals surface area contributed by atoms with Crippen molar-refractivity contribution in [3.05, 3.63) is 20.8 Å². The van der Waals surface area contributed by atoms with E-state index in [1.807, 2.05) is 0 Å². The molecule has 0 aliphatic heterocycles. The average molecular weight is 277 g/mol. The van der Waals surface area contributed by atoms with E-state index in [1.54, 1.807) is 11.3 Å². The first kappa shape index (κ1) is 12.2. The normalized spacial score (nSPS) is 13.1. The van der Waals surface area contributed by atoms with Gasteiger partial charge in [-0.15, -0.1) is 11.3 Å². The minimum Gasteiger partial charge on any atom is -0.393 e. The van der Waals surface area contributed by atoms with Crippen LogP contribution in [-0.2, 0) is 6.42 Å². The summed E-state index contributed by atoms with van der Waals surface area (Å²) in [6, 6.07) is 2.09. The molecule has 0 spiro atoms. The molecule has 1 atom stereocenters. The zero-order chi connectivity index (χ0) is 10.4. The summed E-state index contributed by atoms with van der Waals surface area (Å²) in [5, 5.41) is 11.8. The zero-order valence-corrected chi connectivity index (χ0v) is 10.9. The smallest absolute Gasteiger partial charge is 0.0588 e. The summed E-state index contributed by atoms with van der Waals surface area (Å²) < 4.78 is 1.12. The molecule has 3 heteroatoms. The van der Waals surface area contributed by atoms with Crippen molar-refractivity contribution >= 4 is 27.3 Å². The average Bonchev–Trinajstić information content (AvgIpc) is 2.52. The van der Waals surface area contributed by atoms with Crippen LogP contribution in [0.3, 0.4) is 0 Å². The highest BCUT2D eigenvalue weighted by atomic mass is 79.9. The Balaban J connectivity index is 2.23. The molecule has 0 aromatic carbocycles. The molecule has 0 bridgehead atoms. The molecule has 0 radical (unpaired) electrons. The molecule has 80 valence electrons. The first-order chi connectivity index (χ1) is 6.72. The van der Waals surface area contributed by atoms with Crippen molar-refractivity contribution in [1.82, 2.24) is 0 Å². The van der Waals surface area contributed by atoms with Crippen molar-refractivity contribution < 1.29 is 5.11 Å². The maximum Gasteiger partial charge on any atom is 0.0588 e.